The molecule has 2 aromatic heterocycles. The van der Waals surface area contributed by atoms with E-state index in [1.54, 1.807) is 16.7 Å². The van der Waals surface area contributed by atoms with E-state index in [-0.39, 0.29) is 5.56 Å². The number of hydrogen-bond acceptors (Lipinski definition) is 3. The Morgan fingerprint density at radius 2 is 2.08 bits per heavy atom. The smallest absolute Gasteiger partial charge is 0.258 e. The van der Waals surface area contributed by atoms with Gasteiger partial charge < -0.3 is 0 Å². The monoisotopic (exact) mass is 319 g/mol. The molecule has 4 heteroatoms. The van der Waals surface area contributed by atoms with E-state index in [1.807, 2.05) is 19.1 Å². The van der Waals surface area contributed by atoms with Gasteiger partial charge in [0.05, 0.1) is 5.69 Å². The molecule has 2 heterocycles. The number of benzene rings is 1. The highest BCUT2D eigenvalue weighted by molar-refractivity contribution is 5.46. The Kier molecular flexibility index (Phi) is 3.69. The molecule has 1 aliphatic carbocycles. The maximum absolute atomic E-state index is 12.4. The van der Waals surface area contributed by atoms with E-state index in [0.717, 1.165) is 29.7 Å². The summed E-state index contributed by atoms with van der Waals surface area (Å²) in [7, 11) is 2.12. The van der Waals surface area contributed by atoms with Crippen LogP contribution in [0, 0.1) is 6.92 Å². The first-order chi connectivity index (χ1) is 11.6. The van der Waals surface area contributed by atoms with Crippen LogP contribution < -0.4 is 5.56 Å². The quantitative estimate of drug-likeness (QED) is 0.744. The lowest BCUT2D eigenvalue weighted by Crippen LogP contribution is -2.25. The molecule has 1 aromatic carbocycles. The third-order valence-electron chi connectivity index (χ3n) is 4.98. The zero-order valence-corrected chi connectivity index (χ0v) is 14.1. The summed E-state index contributed by atoms with van der Waals surface area (Å²) in [6, 6.07) is 14.6. The average Bonchev–Trinajstić information content (AvgIpc) is 3.00. The van der Waals surface area contributed by atoms with Crippen molar-refractivity contribution in [2.24, 2.45) is 0 Å². The van der Waals surface area contributed by atoms with Gasteiger partial charge in [-0.3, -0.25) is 14.1 Å². The van der Waals surface area contributed by atoms with Crippen LogP contribution in [0.15, 0.2) is 53.5 Å². The molecule has 0 spiro atoms. The molecule has 24 heavy (non-hydrogen) atoms. The molecule has 0 amide bonds. The molecule has 4 nitrogen and oxygen atoms in total. The first-order valence-electron chi connectivity index (χ1n) is 8.39. The molecule has 3 aromatic rings. The Hall–Kier alpha value is -2.46. The van der Waals surface area contributed by atoms with Gasteiger partial charge in [-0.2, -0.15) is 0 Å². The number of nitrogens with zero attached hydrogens (tertiary/aromatic N) is 3. The van der Waals surface area contributed by atoms with Crippen LogP contribution in [0.3, 0.4) is 0 Å². The zero-order valence-electron chi connectivity index (χ0n) is 14.1. The molecule has 1 aliphatic rings. The Morgan fingerprint density at radius 3 is 2.96 bits per heavy atom. The Labute approximate surface area is 141 Å². The van der Waals surface area contributed by atoms with Gasteiger partial charge in [0.1, 0.15) is 5.65 Å². The molecule has 1 atom stereocenters. The topological polar surface area (TPSA) is 37.6 Å². The van der Waals surface area contributed by atoms with Gasteiger partial charge in [0.25, 0.3) is 5.56 Å². The van der Waals surface area contributed by atoms with Crippen LogP contribution in [0.1, 0.15) is 34.8 Å². The number of hydrogen-bond donors (Lipinski definition) is 0. The summed E-state index contributed by atoms with van der Waals surface area (Å²) in [5.74, 6) is 0. The lowest BCUT2D eigenvalue weighted by Gasteiger charge is -2.25. The van der Waals surface area contributed by atoms with Crippen LogP contribution >= 0.6 is 0 Å². The van der Waals surface area contributed by atoms with Gasteiger partial charge in [0, 0.05) is 24.8 Å². The Balaban J connectivity index is 1.65. The van der Waals surface area contributed by atoms with Crippen molar-refractivity contribution in [3.8, 4) is 0 Å². The van der Waals surface area contributed by atoms with E-state index >= 15 is 0 Å². The van der Waals surface area contributed by atoms with Crippen molar-refractivity contribution in [1.29, 1.82) is 0 Å². The maximum atomic E-state index is 12.4. The van der Waals surface area contributed by atoms with Crippen molar-refractivity contribution >= 4 is 5.65 Å². The van der Waals surface area contributed by atoms with E-state index in [4.69, 9.17) is 4.98 Å². The molecule has 4 rings (SSSR count). The molecule has 0 aliphatic heterocycles. The number of rotatable bonds is 3. The van der Waals surface area contributed by atoms with Crippen LogP contribution in [-0.4, -0.2) is 21.3 Å². The first kappa shape index (κ1) is 15.1. The third-order valence-corrected chi connectivity index (χ3v) is 4.98. The van der Waals surface area contributed by atoms with Crippen LogP contribution in [0.5, 0.6) is 0 Å². The lowest BCUT2D eigenvalue weighted by atomic mass is 10.1. The molecule has 0 saturated heterocycles. The summed E-state index contributed by atoms with van der Waals surface area (Å²) in [6.07, 6.45) is 4.03. The van der Waals surface area contributed by atoms with Gasteiger partial charge in [-0.25, -0.2) is 4.98 Å². The molecule has 122 valence electrons. The van der Waals surface area contributed by atoms with Gasteiger partial charge in [0.15, 0.2) is 0 Å². The van der Waals surface area contributed by atoms with Gasteiger partial charge in [-0.05, 0) is 49.6 Å². The normalized spacial score (nSPS) is 16.7. The third kappa shape index (κ3) is 2.53. The SMILES string of the molecule is Cc1cccn2c(=O)cc(CN(C)[C@@H]3CCc4ccccc43)nc12. The maximum Gasteiger partial charge on any atom is 0.258 e. The molecular weight excluding hydrogens is 298 g/mol. The molecule has 0 saturated carbocycles. The highest BCUT2D eigenvalue weighted by atomic mass is 16.1. The molecule has 0 bridgehead atoms. The van der Waals surface area contributed by atoms with Gasteiger partial charge in [-0.1, -0.05) is 30.3 Å². The second-order valence-electron chi connectivity index (χ2n) is 6.64. The number of aryl methyl sites for hydroxylation is 2. The summed E-state index contributed by atoms with van der Waals surface area (Å²) in [5.41, 5.74) is 5.44. The standard InChI is InChI=1S/C20H21N3O/c1-14-6-5-11-23-19(24)12-16(21-20(14)23)13-22(2)18-10-9-15-7-3-4-8-17(15)18/h3-8,11-12,18H,9-10,13H2,1-2H3/t18-/m1/s1. The molecule has 0 radical (unpaired) electrons. The minimum Gasteiger partial charge on any atom is -0.294 e. The van der Waals surface area contributed by atoms with Gasteiger partial charge in [0.2, 0.25) is 0 Å². The molecule has 0 N–H and O–H groups in total. The summed E-state index contributed by atoms with van der Waals surface area (Å²) < 4.78 is 1.61. The van der Waals surface area contributed by atoms with Gasteiger partial charge >= 0.3 is 0 Å². The lowest BCUT2D eigenvalue weighted by molar-refractivity contribution is 0.233. The van der Waals surface area contributed by atoms with E-state index in [1.165, 1.54) is 11.1 Å². The fraction of sp³-hybridized carbons (Fsp3) is 0.300. The highest BCUT2D eigenvalue weighted by Gasteiger charge is 2.25. The fourth-order valence-corrected chi connectivity index (χ4v) is 3.75. The van der Waals surface area contributed by atoms with Crippen molar-refractivity contribution in [1.82, 2.24) is 14.3 Å². The highest BCUT2D eigenvalue weighted by Crippen LogP contribution is 2.35. The van der Waals surface area contributed by atoms with Crippen molar-refractivity contribution in [2.75, 3.05) is 7.05 Å². The fourth-order valence-electron chi connectivity index (χ4n) is 3.75. The zero-order chi connectivity index (χ0) is 16.7. The van der Waals surface area contributed by atoms with E-state index in [0.29, 0.717) is 12.6 Å². The number of aromatic nitrogens is 2. The second-order valence-corrected chi connectivity index (χ2v) is 6.64. The largest absolute Gasteiger partial charge is 0.294 e. The Bertz CT molecular complexity index is 961. The minimum absolute atomic E-state index is 0.0149. The van der Waals surface area contributed by atoms with Crippen molar-refractivity contribution in [2.45, 2.75) is 32.4 Å². The summed E-state index contributed by atoms with van der Waals surface area (Å²) in [4.78, 5) is 19.4. The van der Waals surface area contributed by atoms with E-state index in [9.17, 15) is 4.79 Å². The second kappa shape index (κ2) is 5.87. The molecular formula is C20H21N3O. The minimum atomic E-state index is -0.0149. The molecule has 0 unspecified atom stereocenters. The van der Waals surface area contributed by atoms with E-state index < -0.39 is 0 Å². The van der Waals surface area contributed by atoms with Crippen LogP contribution in [0.4, 0.5) is 0 Å². The predicted octanol–water partition coefficient (Wildman–Crippen LogP) is 3.12. The molecule has 0 fully saturated rings. The number of pyridine rings is 1. The Morgan fingerprint density at radius 1 is 1.25 bits per heavy atom. The van der Waals surface area contributed by atoms with Crippen molar-refractivity contribution in [3.63, 3.8) is 0 Å². The van der Waals surface area contributed by atoms with Crippen LogP contribution in [0.25, 0.3) is 5.65 Å². The van der Waals surface area contributed by atoms with Gasteiger partial charge in [-0.15, -0.1) is 0 Å². The summed E-state index contributed by atoms with van der Waals surface area (Å²) >= 11 is 0. The summed E-state index contributed by atoms with van der Waals surface area (Å²) in [6.45, 7) is 2.67. The number of fused-ring (bicyclic) bond motifs is 2. The summed E-state index contributed by atoms with van der Waals surface area (Å²) in [5, 5.41) is 0. The first-order valence-corrected chi connectivity index (χ1v) is 8.39. The van der Waals surface area contributed by atoms with Crippen molar-refractivity contribution < 1.29 is 0 Å². The van der Waals surface area contributed by atoms with Crippen LogP contribution in [0.2, 0.25) is 0 Å². The van der Waals surface area contributed by atoms with Crippen molar-refractivity contribution in [3.05, 3.63) is 81.4 Å². The average molecular weight is 319 g/mol. The van der Waals surface area contributed by atoms with Crippen LogP contribution in [-0.2, 0) is 13.0 Å². The predicted molar refractivity (Wildman–Crippen MR) is 95.2 cm³/mol. The van der Waals surface area contributed by atoms with E-state index in [2.05, 4.69) is 36.2 Å².